The maximum Gasteiger partial charge on any atom is 0.00743 e. The summed E-state index contributed by atoms with van der Waals surface area (Å²) in [5.74, 6) is 0. The van der Waals surface area contributed by atoms with Gasteiger partial charge in [-0.05, 0) is 12.8 Å². The Kier molecular flexibility index (Phi) is 0.256. The van der Waals surface area contributed by atoms with Crippen molar-refractivity contribution in [3.05, 3.63) is 6.42 Å². The summed E-state index contributed by atoms with van der Waals surface area (Å²) < 4.78 is 0. The van der Waals surface area contributed by atoms with Crippen LogP contribution >= 0.6 is 0 Å². The fourth-order valence-corrected chi connectivity index (χ4v) is 0.0786. The van der Waals surface area contributed by atoms with Crippen molar-refractivity contribution in [1.29, 1.82) is 0 Å². The lowest BCUT2D eigenvalue weighted by Gasteiger charge is -1.58. The van der Waals surface area contributed by atoms with Crippen LogP contribution in [0.5, 0.6) is 0 Å². The normalized spacial score (nSPS) is 26.2. The minimum atomic E-state index is 0.458. The van der Waals surface area contributed by atoms with Gasteiger partial charge >= 0.3 is 0 Å². The minimum Gasteiger partial charge on any atom is -0.327 e. The van der Waals surface area contributed by atoms with Crippen molar-refractivity contribution in [2.24, 2.45) is 5.73 Å². The SMILES string of the molecule is N[C@H]1[CH]C1. The van der Waals surface area contributed by atoms with Crippen molar-refractivity contribution < 1.29 is 0 Å². The molecular weight excluding hydrogens is 50.0 g/mol. The third-order valence-electron chi connectivity index (χ3n) is 0.508. The van der Waals surface area contributed by atoms with E-state index >= 15 is 0 Å². The Morgan fingerprint density at radius 2 is 2.25 bits per heavy atom. The maximum absolute atomic E-state index is 5.17. The molecule has 0 saturated heterocycles. The second-order valence-corrected chi connectivity index (χ2v) is 1.14. The van der Waals surface area contributed by atoms with Crippen LogP contribution in [0.25, 0.3) is 0 Å². The molecule has 0 aromatic rings. The van der Waals surface area contributed by atoms with Crippen molar-refractivity contribution in [1.82, 2.24) is 0 Å². The van der Waals surface area contributed by atoms with Gasteiger partial charge in [0.15, 0.2) is 0 Å². The molecule has 1 aliphatic carbocycles. The average Bonchev–Trinajstić information content (AvgIpc) is 1.75. The Bertz CT molecular complexity index is 22.5. The first kappa shape index (κ1) is 2.21. The van der Waals surface area contributed by atoms with Crippen LogP contribution in [-0.4, -0.2) is 6.04 Å². The second-order valence-electron chi connectivity index (χ2n) is 1.14. The van der Waals surface area contributed by atoms with E-state index in [0.717, 1.165) is 6.42 Å². The van der Waals surface area contributed by atoms with E-state index in [0.29, 0.717) is 6.04 Å². The summed E-state index contributed by atoms with van der Waals surface area (Å²) in [7, 11) is 0. The third kappa shape index (κ3) is 0.206. The molecule has 1 fully saturated rings. The van der Waals surface area contributed by atoms with Gasteiger partial charge in [-0.1, -0.05) is 0 Å². The molecule has 0 aromatic heterocycles. The zero-order valence-electron chi connectivity index (χ0n) is 2.44. The Morgan fingerprint density at radius 3 is 2.25 bits per heavy atom. The molecule has 23 valence electrons. The first-order valence-electron chi connectivity index (χ1n) is 1.48. The monoisotopic (exact) mass is 56.1 g/mol. The van der Waals surface area contributed by atoms with Crippen LogP contribution in [-0.2, 0) is 0 Å². The Morgan fingerprint density at radius 1 is 2.00 bits per heavy atom. The van der Waals surface area contributed by atoms with Gasteiger partial charge in [0, 0.05) is 6.04 Å². The lowest BCUT2D eigenvalue weighted by Crippen LogP contribution is -1.94. The van der Waals surface area contributed by atoms with E-state index in [1.165, 1.54) is 0 Å². The fraction of sp³-hybridized carbons (Fsp3) is 0.667. The zero-order chi connectivity index (χ0) is 2.99. The van der Waals surface area contributed by atoms with Gasteiger partial charge in [0.25, 0.3) is 0 Å². The second kappa shape index (κ2) is 0.462. The van der Waals surface area contributed by atoms with Crippen LogP contribution in [0.4, 0.5) is 0 Å². The zero-order valence-corrected chi connectivity index (χ0v) is 2.44. The molecular formula is C3H6N. The lowest BCUT2D eigenvalue weighted by atomic mass is 10.8. The smallest absolute Gasteiger partial charge is 0.00743 e. The van der Waals surface area contributed by atoms with Gasteiger partial charge in [0.2, 0.25) is 0 Å². The van der Waals surface area contributed by atoms with Gasteiger partial charge in [-0.25, -0.2) is 0 Å². The van der Waals surface area contributed by atoms with Gasteiger partial charge in [-0.2, -0.15) is 0 Å². The first-order chi connectivity index (χ1) is 1.89. The molecule has 1 radical (unpaired) electrons. The molecule has 0 unspecified atom stereocenters. The van der Waals surface area contributed by atoms with Crippen molar-refractivity contribution in [2.45, 2.75) is 12.5 Å². The van der Waals surface area contributed by atoms with E-state index in [1.54, 1.807) is 0 Å². The van der Waals surface area contributed by atoms with Crippen molar-refractivity contribution in [3.63, 3.8) is 0 Å². The van der Waals surface area contributed by atoms with Crippen LogP contribution in [0.3, 0.4) is 0 Å². The van der Waals surface area contributed by atoms with E-state index in [2.05, 4.69) is 6.42 Å². The predicted octanol–water partition coefficient (Wildman–Crippen LogP) is -0.0783. The molecule has 0 amide bonds. The molecule has 0 aromatic carbocycles. The van der Waals surface area contributed by atoms with Crippen molar-refractivity contribution in [3.8, 4) is 0 Å². The lowest BCUT2D eigenvalue weighted by molar-refractivity contribution is 1.10. The van der Waals surface area contributed by atoms with Crippen molar-refractivity contribution in [2.75, 3.05) is 0 Å². The van der Waals surface area contributed by atoms with Gasteiger partial charge in [0.05, 0.1) is 0 Å². The Labute approximate surface area is 25.8 Å². The highest BCUT2D eigenvalue weighted by molar-refractivity contribution is 4.98. The molecule has 4 heavy (non-hydrogen) atoms. The summed E-state index contributed by atoms with van der Waals surface area (Å²) >= 11 is 0. The molecule has 1 heteroatoms. The number of rotatable bonds is 0. The summed E-state index contributed by atoms with van der Waals surface area (Å²) in [5, 5.41) is 0. The highest BCUT2D eigenvalue weighted by Gasteiger charge is 2.14. The largest absolute Gasteiger partial charge is 0.327 e. The van der Waals surface area contributed by atoms with Gasteiger partial charge in [-0.3, -0.25) is 0 Å². The molecule has 1 aliphatic rings. The Hall–Kier alpha value is -0.0400. The van der Waals surface area contributed by atoms with Gasteiger partial charge in [-0.15, -0.1) is 0 Å². The van der Waals surface area contributed by atoms with Crippen LogP contribution < -0.4 is 5.73 Å². The topological polar surface area (TPSA) is 26.0 Å². The average molecular weight is 56.1 g/mol. The third-order valence-corrected chi connectivity index (χ3v) is 0.508. The van der Waals surface area contributed by atoms with E-state index < -0.39 is 0 Å². The molecule has 0 heterocycles. The Balaban J connectivity index is 2.17. The molecule has 2 N–H and O–H groups in total. The number of hydrogen-bond acceptors (Lipinski definition) is 1. The number of hydrogen-bond donors (Lipinski definition) is 1. The van der Waals surface area contributed by atoms with Crippen molar-refractivity contribution >= 4 is 0 Å². The molecule has 1 atom stereocenters. The molecule has 0 aliphatic heterocycles. The van der Waals surface area contributed by atoms with Gasteiger partial charge in [0.1, 0.15) is 0 Å². The van der Waals surface area contributed by atoms with Crippen LogP contribution in [0.2, 0.25) is 0 Å². The van der Waals surface area contributed by atoms with Crippen LogP contribution in [0, 0.1) is 6.42 Å². The highest BCUT2D eigenvalue weighted by atomic mass is 14.7. The van der Waals surface area contributed by atoms with Crippen LogP contribution in [0.1, 0.15) is 6.42 Å². The van der Waals surface area contributed by atoms with E-state index in [-0.39, 0.29) is 0 Å². The first-order valence-corrected chi connectivity index (χ1v) is 1.48. The number of nitrogens with two attached hydrogens (primary N) is 1. The molecule has 0 spiro atoms. The quantitative estimate of drug-likeness (QED) is 0.413. The highest BCUT2D eigenvalue weighted by Crippen LogP contribution is 2.11. The summed E-state index contributed by atoms with van der Waals surface area (Å²) in [5.41, 5.74) is 5.17. The van der Waals surface area contributed by atoms with E-state index in [4.69, 9.17) is 5.73 Å². The fourth-order valence-electron chi connectivity index (χ4n) is 0.0786. The standard InChI is InChI=1S/C3H6N/c4-3-1-2-3/h1,3H,2,4H2/t3-/m0/s1. The van der Waals surface area contributed by atoms with E-state index in [9.17, 15) is 0 Å². The summed E-state index contributed by atoms with van der Waals surface area (Å²) in [6.45, 7) is 0. The summed E-state index contributed by atoms with van der Waals surface area (Å²) in [6, 6.07) is 0.458. The predicted molar refractivity (Wildman–Crippen MR) is 16.9 cm³/mol. The molecule has 1 nitrogen and oxygen atoms in total. The molecule has 1 rings (SSSR count). The van der Waals surface area contributed by atoms with E-state index in [1.807, 2.05) is 0 Å². The maximum atomic E-state index is 5.17. The summed E-state index contributed by atoms with van der Waals surface area (Å²) in [4.78, 5) is 0. The summed E-state index contributed by atoms with van der Waals surface area (Å²) in [6.07, 6.45) is 3.21. The van der Waals surface area contributed by atoms with Crippen LogP contribution in [0.15, 0.2) is 0 Å². The molecule has 0 bridgehead atoms. The molecule has 1 saturated carbocycles. The van der Waals surface area contributed by atoms with Gasteiger partial charge < -0.3 is 5.73 Å². The minimum absolute atomic E-state index is 0.458.